The molecular formula is C42H39ClF3N9O5. The van der Waals surface area contributed by atoms with E-state index < -0.39 is 23.2 Å². The molecule has 3 aromatic carbocycles. The van der Waals surface area contributed by atoms with Crippen LogP contribution in [0.4, 0.5) is 24.5 Å². The first kappa shape index (κ1) is 40.3. The Morgan fingerprint density at radius 2 is 1.78 bits per heavy atom. The Morgan fingerprint density at radius 3 is 2.52 bits per heavy atom. The monoisotopic (exact) mass is 841 g/mol. The molecule has 1 fully saturated rings. The summed E-state index contributed by atoms with van der Waals surface area (Å²) >= 11 is 6.19. The molecule has 0 bridgehead atoms. The summed E-state index contributed by atoms with van der Waals surface area (Å²) in [6, 6.07) is 17.8. The summed E-state index contributed by atoms with van der Waals surface area (Å²) in [6.07, 6.45) is -1.36. The molecule has 1 N–H and O–H groups in total. The second kappa shape index (κ2) is 16.6. The quantitative estimate of drug-likeness (QED) is 0.164. The average molecular weight is 842 g/mol. The van der Waals surface area contributed by atoms with Gasteiger partial charge in [0.05, 0.1) is 34.3 Å². The molecule has 1 saturated heterocycles. The van der Waals surface area contributed by atoms with Crippen molar-refractivity contribution in [1.29, 1.82) is 0 Å². The van der Waals surface area contributed by atoms with Crippen LogP contribution in [0, 0.1) is 6.92 Å². The number of piperazine rings is 1. The number of fused-ring (bicyclic) bond motifs is 2. The highest BCUT2D eigenvalue weighted by molar-refractivity contribution is 6.33. The molecule has 0 saturated carbocycles. The Bertz CT molecular complexity index is 2660. The summed E-state index contributed by atoms with van der Waals surface area (Å²) in [6.45, 7) is 5.01. The third kappa shape index (κ3) is 8.08. The SMILES string of the molecule is CCc1c(N2CCN(C(=O)c3ncnc(C)c3OCc3ccccc3)CC2)c(=O)n2nc(-c3ccc4c(c3)CCCO4)nc2n1CC(=O)Nc1ccc(C(F)(F)F)cc1Cl. The van der Waals surface area contributed by atoms with Crippen LogP contribution in [0.25, 0.3) is 17.2 Å². The minimum Gasteiger partial charge on any atom is -0.493 e. The van der Waals surface area contributed by atoms with Gasteiger partial charge in [0.15, 0.2) is 17.3 Å². The standard InChI is InChI=1S/C42H39ClF3N9O5/c1-3-32-36(52-15-17-53(18-16-52)39(57)35-37(25(2)47-24-48-35)60-23-26-8-5-4-6-9-26)40(58)55-41(50-38(51-55)28-11-14-33-27(20-28)10-7-19-59-33)54(32)22-34(56)49-31-13-12-29(21-30(31)43)42(44,45)46/h4-6,8-9,11-14,20-21,24H,3,7,10,15-19,22-23H2,1-2H3,(H,49,56). The van der Waals surface area contributed by atoms with Gasteiger partial charge in [-0.05, 0) is 73.7 Å². The van der Waals surface area contributed by atoms with Gasteiger partial charge in [-0.15, -0.1) is 5.10 Å². The normalized spacial score (nSPS) is 14.2. The van der Waals surface area contributed by atoms with Crippen molar-refractivity contribution in [3.05, 3.63) is 122 Å². The van der Waals surface area contributed by atoms with E-state index in [-0.39, 0.29) is 85.4 Å². The molecule has 0 aliphatic carbocycles. The lowest BCUT2D eigenvalue weighted by atomic mass is 10.0. The van der Waals surface area contributed by atoms with Crippen molar-refractivity contribution >= 4 is 40.6 Å². The van der Waals surface area contributed by atoms with E-state index in [0.29, 0.717) is 29.3 Å². The van der Waals surface area contributed by atoms with Gasteiger partial charge in [0.1, 0.15) is 30.9 Å². The number of halogens is 4. The number of amides is 2. The number of aryl methyl sites for hydroxylation is 2. The highest BCUT2D eigenvalue weighted by Gasteiger charge is 2.33. The Balaban J connectivity index is 1.11. The highest BCUT2D eigenvalue weighted by atomic mass is 35.5. The fourth-order valence-electron chi connectivity index (χ4n) is 7.48. The molecule has 2 aliphatic heterocycles. The van der Waals surface area contributed by atoms with Crippen LogP contribution in [0.1, 0.15) is 51.9 Å². The number of carbonyl (C=O) groups excluding carboxylic acids is 2. The smallest absolute Gasteiger partial charge is 0.416 e. The van der Waals surface area contributed by atoms with Crippen LogP contribution in [0.5, 0.6) is 11.5 Å². The maximum Gasteiger partial charge on any atom is 0.416 e. The first-order valence-corrected chi connectivity index (χ1v) is 19.7. The summed E-state index contributed by atoms with van der Waals surface area (Å²) in [5.41, 5.74) is 2.51. The van der Waals surface area contributed by atoms with Gasteiger partial charge in [-0.3, -0.25) is 14.4 Å². The van der Waals surface area contributed by atoms with Crippen LogP contribution < -0.4 is 25.2 Å². The summed E-state index contributed by atoms with van der Waals surface area (Å²) in [5, 5.41) is 6.98. The molecule has 5 heterocycles. The van der Waals surface area contributed by atoms with Gasteiger partial charge in [0.25, 0.3) is 11.5 Å². The largest absolute Gasteiger partial charge is 0.493 e. The number of nitrogens with zero attached hydrogens (tertiary/aromatic N) is 8. The van der Waals surface area contributed by atoms with Crippen molar-refractivity contribution in [3.63, 3.8) is 0 Å². The lowest BCUT2D eigenvalue weighted by Crippen LogP contribution is -2.51. The van der Waals surface area contributed by atoms with Gasteiger partial charge >= 0.3 is 6.18 Å². The zero-order valence-electron chi connectivity index (χ0n) is 32.6. The molecule has 3 aromatic heterocycles. The Morgan fingerprint density at radius 1 is 1.00 bits per heavy atom. The van der Waals surface area contributed by atoms with E-state index in [4.69, 9.17) is 26.1 Å². The topological polar surface area (TPSA) is 149 Å². The minimum absolute atomic E-state index is 0.0169. The number of ether oxygens (including phenoxy) is 2. The van der Waals surface area contributed by atoms with Gasteiger partial charge in [0.2, 0.25) is 11.7 Å². The van der Waals surface area contributed by atoms with E-state index in [2.05, 4.69) is 20.4 Å². The second-order valence-electron chi connectivity index (χ2n) is 14.4. The number of anilines is 2. The van der Waals surface area contributed by atoms with E-state index in [0.717, 1.165) is 52.4 Å². The molecule has 60 heavy (non-hydrogen) atoms. The zero-order valence-corrected chi connectivity index (χ0v) is 33.4. The van der Waals surface area contributed by atoms with Crippen LogP contribution in [-0.4, -0.2) is 78.6 Å². The number of hydrogen-bond acceptors (Lipinski definition) is 10. The Labute approximate surface area is 346 Å². The van der Waals surface area contributed by atoms with Crippen molar-refractivity contribution < 1.29 is 32.2 Å². The number of aromatic nitrogens is 6. The lowest BCUT2D eigenvalue weighted by Gasteiger charge is -2.36. The number of benzene rings is 3. The maximum atomic E-state index is 14.5. The number of hydrogen-bond donors (Lipinski definition) is 1. The highest BCUT2D eigenvalue weighted by Crippen LogP contribution is 2.34. The van der Waals surface area contributed by atoms with Crippen LogP contribution in [-0.2, 0) is 37.0 Å². The molecule has 0 radical (unpaired) electrons. The Kier molecular flexibility index (Phi) is 11.2. The summed E-state index contributed by atoms with van der Waals surface area (Å²) in [7, 11) is 0. The molecule has 0 spiro atoms. The van der Waals surface area contributed by atoms with Crippen LogP contribution in [0.3, 0.4) is 0 Å². The van der Waals surface area contributed by atoms with Gasteiger partial charge in [-0.1, -0.05) is 48.9 Å². The maximum absolute atomic E-state index is 14.5. The minimum atomic E-state index is -4.62. The second-order valence-corrected chi connectivity index (χ2v) is 14.8. The first-order chi connectivity index (χ1) is 28.9. The zero-order chi connectivity index (χ0) is 42.1. The van der Waals surface area contributed by atoms with Crippen LogP contribution >= 0.6 is 11.6 Å². The van der Waals surface area contributed by atoms with Gasteiger partial charge in [-0.2, -0.15) is 22.7 Å². The van der Waals surface area contributed by atoms with E-state index in [1.165, 1.54) is 6.33 Å². The molecule has 2 amide bonds. The lowest BCUT2D eigenvalue weighted by molar-refractivity contribution is -0.137. The van der Waals surface area contributed by atoms with E-state index >= 15 is 0 Å². The predicted molar refractivity (Wildman–Crippen MR) is 217 cm³/mol. The van der Waals surface area contributed by atoms with Crippen molar-refractivity contribution in [3.8, 4) is 22.9 Å². The van der Waals surface area contributed by atoms with Crippen molar-refractivity contribution in [1.82, 2.24) is 34.0 Å². The summed E-state index contributed by atoms with van der Waals surface area (Å²) in [4.78, 5) is 59.1. The molecular weight excluding hydrogens is 803 g/mol. The fourth-order valence-corrected chi connectivity index (χ4v) is 7.70. The number of nitrogens with one attached hydrogen (secondary N) is 1. The molecule has 18 heteroatoms. The van der Waals surface area contributed by atoms with Gasteiger partial charge < -0.3 is 29.2 Å². The third-order valence-electron chi connectivity index (χ3n) is 10.5. The average Bonchev–Trinajstić information content (AvgIpc) is 3.71. The number of alkyl halides is 3. The third-order valence-corrected chi connectivity index (χ3v) is 10.8. The van der Waals surface area contributed by atoms with Crippen LogP contribution in [0.15, 0.2) is 77.9 Å². The van der Waals surface area contributed by atoms with Gasteiger partial charge in [0, 0.05) is 31.7 Å². The van der Waals surface area contributed by atoms with Gasteiger partial charge in [-0.25, -0.2) is 9.97 Å². The van der Waals surface area contributed by atoms with Crippen molar-refractivity contribution in [2.24, 2.45) is 0 Å². The predicted octanol–water partition coefficient (Wildman–Crippen LogP) is 6.40. The summed E-state index contributed by atoms with van der Waals surface area (Å²) in [5.74, 6) is 0.432. The fraction of sp³-hybridized carbons (Fsp3) is 0.310. The van der Waals surface area contributed by atoms with Crippen LogP contribution in [0.2, 0.25) is 5.02 Å². The molecule has 310 valence electrons. The van der Waals surface area contributed by atoms with E-state index in [1.807, 2.05) is 60.4 Å². The van der Waals surface area contributed by atoms with E-state index in [9.17, 15) is 27.6 Å². The number of carbonyl (C=O) groups is 2. The first-order valence-electron chi connectivity index (χ1n) is 19.4. The number of rotatable bonds is 10. The van der Waals surface area contributed by atoms with Crippen molar-refractivity contribution in [2.45, 2.75) is 52.4 Å². The molecule has 0 unspecified atom stereocenters. The summed E-state index contributed by atoms with van der Waals surface area (Å²) < 4.78 is 54.6. The molecule has 2 aliphatic rings. The molecule has 14 nitrogen and oxygen atoms in total. The van der Waals surface area contributed by atoms with E-state index in [1.54, 1.807) is 16.4 Å². The Hall–Kier alpha value is -6.49. The molecule has 8 rings (SSSR count). The van der Waals surface area contributed by atoms with Crippen molar-refractivity contribution in [2.75, 3.05) is 43.0 Å². The molecule has 6 aromatic rings. The molecule has 0 atom stereocenters.